The summed E-state index contributed by atoms with van der Waals surface area (Å²) < 4.78 is 6.70. The van der Waals surface area contributed by atoms with Crippen LogP contribution in [0, 0.1) is 0 Å². The van der Waals surface area contributed by atoms with Crippen LogP contribution in [0.5, 0.6) is 5.75 Å². The third kappa shape index (κ3) is 3.22. The number of fused-ring (bicyclic) bond motifs is 2. The van der Waals surface area contributed by atoms with E-state index in [9.17, 15) is 9.90 Å². The summed E-state index contributed by atoms with van der Waals surface area (Å²) in [6.45, 7) is 6.35. The van der Waals surface area contributed by atoms with Gasteiger partial charge in [-0.05, 0) is 43.4 Å². The summed E-state index contributed by atoms with van der Waals surface area (Å²) in [6.07, 6.45) is 0. The average Bonchev–Trinajstić information content (AvgIpc) is 3.11. The number of hydrogen-bond donors (Lipinski definition) is 1. The van der Waals surface area contributed by atoms with Crippen LogP contribution in [0.2, 0.25) is 0 Å². The Morgan fingerprint density at radius 1 is 1.15 bits per heavy atom. The first-order valence-electron chi connectivity index (χ1n) is 8.97. The summed E-state index contributed by atoms with van der Waals surface area (Å²) in [6, 6.07) is 13.0. The Kier molecular flexibility index (Phi) is 4.68. The van der Waals surface area contributed by atoms with E-state index in [0.29, 0.717) is 28.3 Å². The summed E-state index contributed by atoms with van der Waals surface area (Å²) >= 11 is 1.47. The van der Waals surface area contributed by atoms with Crippen LogP contribution < -0.4 is 5.63 Å². The first-order chi connectivity index (χ1) is 13.1. The largest absolute Gasteiger partial charge is 0.507 e. The van der Waals surface area contributed by atoms with E-state index in [0.717, 1.165) is 28.7 Å². The molecule has 0 fully saturated rings. The van der Waals surface area contributed by atoms with Gasteiger partial charge in [0.05, 0.1) is 21.3 Å². The molecule has 0 aliphatic heterocycles. The molecule has 4 aromatic rings. The number of benzene rings is 2. The van der Waals surface area contributed by atoms with Gasteiger partial charge in [-0.25, -0.2) is 9.78 Å². The molecule has 0 amide bonds. The van der Waals surface area contributed by atoms with Crippen molar-refractivity contribution in [1.82, 2.24) is 9.88 Å². The van der Waals surface area contributed by atoms with Gasteiger partial charge in [-0.1, -0.05) is 26.0 Å². The molecular formula is C21H20N2O3S. The maximum atomic E-state index is 12.7. The molecule has 0 bridgehead atoms. The molecule has 138 valence electrons. The normalized spacial score (nSPS) is 11.7. The number of aromatic nitrogens is 1. The van der Waals surface area contributed by atoms with Crippen molar-refractivity contribution in [3.8, 4) is 16.3 Å². The molecule has 1 N–H and O–H groups in total. The Bertz CT molecular complexity index is 1140. The van der Waals surface area contributed by atoms with Gasteiger partial charge >= 0.3 is 5.63 Å². The Balaban J connectivity index is 1.87. The lowest BCUT2D eigenvalue weighted by Crippen LogP contribution is -2.22. The van der Waals surface area contributed by atoms with Crippen LogP contribution in [-0.2, 0) is 6.54 Å². The van der Waals surface area contributed by atoms with E-state index in [1.807, 2.05) is 30.3 Å². The number of aromatic hydroxyl groups is 1. The van der Waals surface area contributed by atoms with E-state index in [-0.39, 0.29) is 5.75 Å². The Hall–Kier alpha value is -2.70. The van der Waals surface area contributed by atoms with E-state index < -0.39 is 5.63 Å². The minimum absolute atomic E-state index is 0.144. The van der Waals surface area contributed by atoms with E-state index in [2.05, 4.69) is 23.7 Å². The molecule has 4 rings (SSSR count). The molecule has 6 heteroatoms. The van der Waals surface area contributed by atoms with Crippen molar-refractivity contribution in [2.75, 3.05) is 13.1 Å². The van der Waals surface area contributed by atoms with Crippen molar-refractivity contribution < 1.29 is 9.52 Å². The van der Waals surface area contributed by atoms with Gasteiger partial charge < -0.3 is 9.52 Å². The first kappa shape index (κ1) is 17.7. The van der Waals surface area contributed by atoms with Crippen molar-refractivity contribution in [1.29, 1.82) is 0 Å². The van der Waals surface area contributed by atoms with Crippen LogP contribution in [0.15, 0.2) is 51.7 Å². The monoisotopic (exact) mass is 380 g/mol. The quantitative estimate of drug-likeness (QED) is 0.512. The SMILES string of the molecule is CCN(CC)Cc1c(O)ccc2cc(-c3nc4ccccc4s3)c(=O)oc12. The second-order valence-corrected chi connectivity index (χ2v) is 7.41. The number of para-hydroxylation sites is 1. The van der Waals surface area contributed by atoms with E-state index >= 15 is 0 Å². The molecule has 0 atom stereocenters. The van der Waals surface area contributed by atoms with Gasteiger partial charge in [0.2, 0.25) is 0 Å². The molecule has 0 radical (unpaired) electrons. The second kappa shape index (κ2) is 7.13. The van der Waals surface area contributed by atoms with Crippen LogP contribution in [0.4, 0.5) is 0 Å². The fourth-order valence-electron chi connectivity index (χ4n) is 3.19. The average molecular weight is 380 g/mol. The minimum Gasteiger partial charge on any atom is -0.507 e. The Morgan fingerprint density at radius 3 is 2.67 bits per heavy atom. The van der Waals surface area contributed by atoms with Crippen LogP contribution >= 0.6 is 11.3 Å². The summed E-state index contributed by atoms with van der Waals surface area (Å²) in [5.41, 5.74) is 1.96. The van der Waals surface area contributed by atoms with Gasteiger partial charge in [-0.15, -0.1) is 11.3 Å². The molecule has 0 saturated heterocycles. The topological polar surface area (TPSA) is 66.6 Å². The Morgan fingerprint density at radius 2 is 1.93 bits per heavy atom. The highest BCUT2D eigenvalue weighted by molar-refractivity contribution is 7.21. The molecule has 2 aromatic carbocycles. The molecule has 0 aliphatic rings. The van der Waals surface area contributed by atoms with E-state index in [1.54, 1.807) is 12.1 Å². The van der Waals surface area contributed by atoms with Gasteiger partial charge in [-0.2, -0.15) is 0 Å². The van der Waals surface area contributed by atoms with Crippen LogP contribution in [0.25, 0.3) is 31.8 Å². The summed E-state index contributed by atoms with van der Waals surface area (Å²) in [5.74, 6) is 0.144. The van der Waals surface area contributed by atoms with E-state index in [1.165, 1.54) is 11.3 Å². The van der Waals surface area contributed by atoms with Crippen LogP contribution in [0.3, 0.4) is 0 Å². The molecule has 27 heavy (non-hydrogen) atoms. The van der Waals surface area contributed by atoms with Gasteiger partial charge in [-0.3, -0.25) is 4.90 Å². The first-order valence-corrected chi connectivity index (χ1v) is 9.79. The van der Waals surface area contributed by atoms with Crippen LogP contribution in [0.1, 0.15) is 19.4 Å². The lowest BCUT2D eigenvalue weighted by atomic mass is 10.1. The minimum atomic E-state index is -0.437. The molecule has 0 spiro atoms. The maximum Gasteiger partial charge on any atom is 0.346 e. The molecule has 0 unspecified atom stereocenters. The fraction of sp³-hybridized carbons (Fsp3) is 0.238. The van der Waals surface area contributed by atoms with Gasteiger partial charge in [0.1, 0.15) is 16.3 Å². The zero-order valence-electron chi connectivity index (χ0n) is 15.2. The van der Waals surface area contributed by atoms with Gasteiger partial charge in [0.15, 0.2) is 0 Å². The number of phenolic OH excluding ortho intramolecular Hbond substituents is 1. The maximum absolute atomic E-state index is 12.7. The highest BCUT2D eigenvalue weighted by Crippen LogP contribution is 2.32. The molecule has 0 saturated carbocycles. The fourth-order valence-corrected chi connectivity index (χ4v) is 4.16. The molecule has 2 heterocycles. The molecule has 0 aliphatic carbocycles. The molecular weight excluding hydrogens is 360 g/mol. The number of rotatable bonds is 5. The molecule has 2 aromatic heterocycles. The number of phenols is 1. The van der Waals surface area contributed by atoms with Crippen LogP contribution in [-0.4, -0.2) is 28.1 Å². The van der Waals surface area contributed by atoms with Crippen molar-refractivity contribution in [3.63, 3.8) is 0 Å². The third-order valence-corrected chi connectivity index (χ3v) is 5.85. The lowest BCUT2D eigenvalue weighted by Gasteiger charge is -2.19. The summed E-state index contributed by atoms with van der Waals surface area (Å²) in [7, 11) is 0. The van der Waals surface area contributed by atoms with E-state index in [4.69, 9.17) is 4.42 Å². The van der Waals surface area contributed by atoms with Gasteiger partial charge in [0.25, 0.3) is 0 Å². The lowest BCUT2D eigenvalue weighted by molar-refractivity contribution is 0.290. The summed E-state index contributed by atoms with van der Waals surface area (Å²) in [5, 5.41) is 11.7. The standard InChI is InChI=1S/C21H20N2O3S/c1-3-23(4-2)12-15-17(24)10-9-13-11-14(21(25)26-19(13)15)20-22-16-7-5-6-8-18(16)27-20/h5-11,24H,3-4,12H2,1-2H3. The van der Waals surface area contributed by atoms with Crippen molar-refractivity contribution >= 4 is 32.5 Å². The number of hydrogen-bond acceptors (Lipinski definition) is 6. The van der Waals surface area contributed by atoms with Crippen molar-refractivity contribution in [3.05, 3.63) is 58.4 Å². The third-order valence-electron chi connectivity index (χ3n) is 4.78. The summed E-state index contributed by atoms with van der Waals surface area (Å²) in [4.78, 5) is 19.4. The highest BCUT2D eigenvalue weighted by Gasteiger charge is 2.17. The Labute approximate surface area is 160 Å². The predicted molar refractivity (Wildman–Crippen MR) is 109 cm³/mol. The zero-order chi connectivity index (χ0) is 19.0. The van der Waals surface area contributed by atoms with Crippen molar-refractivity contribution in [2.24, 2.45) is 0 Å². The van der Waals surface area contributed by atoms with Crippen molar-refractivity contribution in [2.45, 2.75) is 20.4 Å². The van der Waals surface area contributed by atoms with Gasteiger partial charge in [0, 0.05) is 11.9 Å². The number of nitrogens with zero attached hydrogens (tertiary/aromatic N) is 2. The second-order valence-electron chi connectivity index (χ2n) is 6.38. The molecule has 5 nitrogen and oxygen atoms in total. The predicted octanol–water partition coefficient (Wildman–Crippen LogP) is 4.62. The number of thiazole rings is 1. The smallest absolute Gasteiger partial charge is 0.346 e. The highest BCUT2D eigenvalue weighted by atomic mass is 32.1. The zero-order valence-corrected chi connectivity index (χ0v) is 16.0.